The van der Waals surface area contributed by atoms with Crippen LogP contribution in [0.25, 0.3) is 0 Å². The number of aliphatic hydroxyl groups excluding tert-OH is 2. The maximum atomic E-state index is 12.1. The van der Waals surface area contributed by atoms with Crippen LogP contribution in [-0.2, 0) is 23.8 Å². The summed E-state index contributed by atoms with van der Waals surface area (Å²) < 4.78 is 15.3. The molecule has 2 amide bonds. The Morgan fingerprint density at radius 1 is 1.37 bits per heavy atom. The average Bonchev–Trinajstić information content (AvgIpc) is 2.66. The van der Waals surface area contributed by atoms with E-state index in [1.54, 1.807) is 0 Å². The van der Waals surface area contributed by atoms with E-state index in [1.165, 1.54) is 14.0 Å². The molecule has 0 aromatic rings. The first-order chi connectivity index (χ1) is 14.1. The van der Waals surface area contributed by atoms with E-state index in [4.69, 9.17) is 25.7 Å². The molecule has 0 aliphatic carbocycles. The number of alkyl carbamates (subject to hydrolysis) is 1. The van der Waals surface area contributed by atoms with Gasteiger partial charge in [0, 0.05) is 20.6 Å². The molecule has 1 rings (SSSR count). The normalized spacial score (nSPS) is 22.5. The van der Waals surface area contributed by atoms with Gasteiger partial charge in [-0.05, 0) is 6.08 Å². The third kappa shape index (κ3) is 7.38. The zero-order valence-electron chi connectivity index (χ0n) is 16.5. The van der Waals surface area contributed by atoms with Gasteiger partial charge in [-0.2, -0.15) is 0 Å². The number of aliphatic imine (C=N–C) groups is 1. The Balaban J connectivity index is 3.31. The number of nitrogens with one attached hydrogen (secondary N) is 2. The van der Waals surface area contributed by atoms with Crippen molar-refractivity contribution in [2.24, 2.45) is 16.5 Å². The summed E-state index contributed by atoms with van der Waals surface area (Å²) in [7, 11) is 1.42. The van der Waals surface area contributed by atoms with Crippen molar-refractivity contribution in [1.82, 2.24) is 10.6 Å². The predicted octanol–water partition coefficient (Wildman–Crippen LogP) is -3.41. The van der Waals surface area contributed by atoms with Crippen molar-refractivity contribution in [3.05, 3.63) is 11.8 Å². The number of carbonyl (C=O) groups is 3. The smallest absolute Gasteiger partial charge is 0.407 e. The molecule has 0 saturated heterocycles. The Hall–Kier alpha value is -3.10. The van der Waals surface area contributed by atoms with E-state index in [0.29, 0.717) is 0 Å². The molecule has 1 aliphatic rings. The number of methoxy groups -OCH3 is 1. The molecule has 30 heavy (non-hydrogen) atoms. The molecule has 14 heteroatoms. The van der Waals surface area contributed by atoms with Crippen LogP contribution < -0.4 is 22.1 Å². The van der Waals surface area contributed by atoms with Crippen molar-refractivity contribution in [3.8, 4) is 0 Å². The second kappa shape index (κ2) is 11.8. The lowest BCUT2D eigenvalue weighted by Crippen LogP contribution is -2.61. The van der Waals surface area contributed by atoms with Gasteiger partial charge in [0.25, 0.3) is 0 Å². The van der Waals surface area contributed by atoms with Crippen molar-refractivity contribution < 1.29 is 43.9 Å². The number of carboxylic acid groups (broad SMARTS) is 1. The number of ether oxygens (including phenoxy) is 3. The summed E-state index contributed by atoms with van der Waals surface area (Å²) in [4.78, 5) is 39.1. The standard InChI is InChI=1S/C16H27N5O9/c1-7(23)20-11-8(21-15(17)18)5-10(14(25)26)29-13(11)12(9(24)6-22)30-16(27)19-3-4-28-2/h5,8-9,11-13,22,24H,3-4,6H2,1-2H3,(H,19,27)(H,20,23)(H,25,26)(H4,17,18,21)/t8-,9+,11+,12+,13+/m0/s1. The number of nitrogens with zero attached hydrogens (tertiary/aromatic N) is 1. The summed E-state index contributed by atoms with van der Waals surface area (Å²) in [5, 5.41) is 33.8. The lowest BCUT2D eigenvalue weighted by atomic mass is 9.92. The van der Waals surface area contributed by atoms with E-state index in [0.717, 1.165) is 6.08 Å². The number of rotatable bonds is 10. The molecular weight excluding hydrogens is 406 g/mol. The highest BCUT2D eigenvalue weighted by atomic mass is 16.6. The number of hydrogen-bond acceptors (Lipinski definition) is 9. The first-order valence-corrected chi connectivity index (χ1v) is 8.80. The van der Waals surface area contributed by atoms with Gasteiger partial charge < -0.3 is 51.6 Å². The number of amides is 2. The zero-order valence-corrected chi connectivity index (χ0v) is 16.5. The second-order valence-electron chi connectivity index (χ2n) is 6.23. The SMILES string of the molecule is COCCNC(=O)O[C@@H]([C@@H]1OC(C(=O)O)=C[C@H](N=C(N)N)[C@H]1NC(C)=O)[C@H](O)CO. The Labute approximate surface area is 171 Å². The number of aliphatic hydroxyl groups is 2. The Kier molecular flexibility index (Phi) is 9.80. The molecule has 9 N–H and O–H groups in total. The Morgan fingerprint density at radius 3 is 2.53 bits per heavy atom. The zero-order chi connectivity index (χ0) is 22.8. The van der Waals surface area contributed by atoms with Crippen LogP contribution >= 0.6 is 0 Å². The molecule has 0 aromatic heterocycles. The maximum Gasteiger partial charge on any atom is 0.407 e. The molecule has 170 valence electrons. The summed E-state index contributed by atoms with van der Waals surface area (Å²) in [5.74, 6) is -3.05. The first kappa shape index (κ1) is 24.9. The Morgan fingerprint density at radius 2 is 2.03 bits per heavy atom. The second-order valence-corrected chi connectivity index (χ2v) is 6.23. The summed E-state index contributed by atoms with van der Waals surface area (Å²) >= 11 is 0. The molecule has 0 unspecified atom stereocenters. The third-order valence-corrected chi connectivity index (χ3v) is 3.89. The summed E-state index contributed by atoms with van der Waals surface area (Å²) in [5.41, 5.74) is 10.8. The molecule has 5 atom stereocenters. The highest BCUT2D eigenvalue weighted by molar-refractivity contribution is 5.85. The minimum absolute atomic E-state index is 0.0782. The molecule has 0 fully saturated rings. The topological polar surface area (TPSA) is 228 Å². The molecule has 0 spiro atoms. The molecule has 1 aliphatic heterocycles. The molecule has 0 aromatic carbocycles. The number of nitrogens with two attached hydrogens (primary N) is 2. The summed E-state index contributed by atoms with van der Waals surface area (Å²) in [6.45, 7) is 0.571. The number of carbonyl (C=O) groups excluding carboxylic acids is 2. The molecule has 0 radical (unpaired) electrons. The van der Waals surface area contributed by atoms with Gasteiger partial charge in [-0.25, -0.2) is 14.6 Å². The highest BCUT2D eigenvalue weighted by Crippen LogP contribution is 2.26. The number of carboxylic acids is 1. The third-order valence-electron chi connectivity index (χ3n) is 3.89. The summed E-state index contributed by atoms with van der Waals surface area (Å²) in [6.07, 6.45) is -4.70. The maximum absolute atomic E-state index is 12.1. The van der Waals surface area contributed by atoms with Crippen molar-refractivity contribution in [2.75, 3.05) is 26.9 Å². The van der Waals surface area contributed by atoms with Gasteiger partial charge in [0.1, 0.15) is 6.10 Å². The van der Waals surface area contributed by atoms with E-state index in [1.807, 2.05) is 0 Å². The minimum atomic E-state index is -1.69. The van der Waals surface area contributed by atoms with E-state index >= 15 is 0 Å². The molecular formula is C16H27N5O9. The molecule has 0 saturated carbocycles. The highest BCUT2D eigenvalue weighted by Gasteiger charge is 2.46. The lowest BCUT2D eigenvalue weighted by Gasteiger charge is -2.39. The van der Waals surface area contributed by atoms with Crippen LogP contribution in [0.2, 0.25) is 0 Å². The number of hydrogen-bond donors (Lipinski definition) is 7. The van der Waals surface area contributed by atoms with Crippen molar-refractivity contribution >= 4 is 23.9 Å². The van der Waals surface area contributed by atoms with Crippen molar-refractivity contribution in [2.45, 2.75) is 37.3 Å². The van der Waals surface area contributed by atoms with Gasteiger partial charge in [-0.1, -0.05) is 0 Å². The van der Waals surface area contributed by atoms with Crippen LogP contribution in [0.15, 0.2) is 16.8 Å². The first-order valence-electron chi connectivity index (χ1n) is 8.80. The van der Waals surface area contributed by atoms with Gasteiger partial charge >= 0.3 is 12.1 Å². The van der Waals surface area contributed by atoms with Crippen LogP contribution in [0.1, 0.15) is 6.92 Å². The molecule has 1 heterocycles. The fraction of sp³-hybridized carbons (Fsp3) is 0.625. The van der Waals surface area contributed by atoms with Crippen LogP contribution in [-0.4, -0.2) is 96.5 Å². The monoisotopic (exact) mass is 433 g/mol. The van der Waals surface area contributed by atoms with Gasteiger partial charge in [-0.3, -0.25) is 4.79 Å². The summed E-state index contributed by atoms with van der Waals surface area (Å²) in [6, 6.07) is -2.28. The van der Waals surface area contributed by atoms with Crippen LogP contribution in [0, 0.1) is 0 Å². The van der Waals surface area contributed by atoms with Crippen molar-refractivity contribution in [1.29, 1.82) is 0 Å². The minimum Gasteiger partial charge on any atom is -0.477 e. The van der Waals surface area contributed by atoms with Crippen LogP contribution in [0.5, 0.6) is 0 Å². The predicted molar refractivity (Wildman–Crippen MR) is 101 cm³/mol. The van der Waals surface area contributed by atoms with E-state index in [-0.39, 0.29) is 13.2 Å². The quantitative estimate of drug-likeness (QED) is 0.102. The molecule has 0 bridgehead atoms. The van der Waals surface area contributed by atoms with Gasteiger partial charge in [-0.15, -0.1) is 0 Å². The van der Waals surface area contributed by atoms with Crippen molar-refractivity contribution in [3.63, 3.8) is 0 Å². The van der Waals surface area contributed by atoms with E-state index < -0.39 is 66.7 Å². The molecule has 14 nitrogen and oxygen atoms in total. The average molecular weight is 433 g/mol. The van der Waals surface area contributed by atoms with Gasteiger partial charge in [0.15, 0.2) is 18.2 Å². The van der Waals surface area contributed by atoms with Crippen LogP contribution in [0.3, 0.4) is 0 Å². The number of aliphatic carboxylic acids is 1. The van der Waals surface area contributed by atoms with Gasteiger partial charge in [0.05, 0.1) is 25.3 Å². The fourth-order valence-corrected chi connectivity index (χ4v) is 2.69. The van der Waals surface area contributed by atoms with E-state index in [2.05, 4.69) is 15.6 Å². The van der Waals surface area contributed by atoms with E-state index in [9.17, 15) is 29.7 Å². The lowest BCUT2D eigenvalue weighted by molar-refractivity contribution is -0.146. The fourth-order valence-electron chi connectivity index (χ4n) is 2.69. The largest absolute Gasteiger partial charge is 0.477 e. The van der Waals surface area contributed by atoms with Gasteiger partial charge in [0.2, 0.25) is 11.7 Å². The Bertz CT molecular complexity index is 680. The van der Waals surface area contributed by atoms with Crippen LogP contribution in [0.4, 0.5) is 4.79 Å². The number of guanidine groups is 1.